The number of rotatable bonds is 6. The number of methoxy groups -OCH3 is 1. The highest BCUT2D eigenvalue weighted by molar-refractivity contribution is 5.92. The van der Waals surface area contributed by atoms with Gasteiger partial charge >= 0.3 is 0 Å². The first kappa shape index (κ1) is 18.3. The van der Waals surface area contributed by atoms with E-state index in [0.29, 0.717) is 37.0 Å². The first-order valence-electron chi connectivity index (χ1n) is 9.35. The van der Waals surface area contributed by atoms with Crippen LogP contribution in [0.3, 0.4) is 0 Å². The fourth-order valence-corrected chi connectivity index (χ4v) is 3.21. The van der Waals surface area contributed by atoms with E-state index in [9.17, 15) is 9.18 Å². The molecular weight excluding hydrogens is 361 g/mol. The van der Waals surface area contributed by atoms with Gasteiger partial charge in [-0.3, -0.25) is 4.79 Å². The quantitative estimate of drug-likeness (QED) is 0.712. The second kappa shape index (κ2) is 7.92. The van der Waals surface area contributed by atoms with Crippen molar-refractivity contribution in [3.8, 4) is 17.2 Å². The number of carbonyl (C=O) groups is 1. The molecule has 146 valence electrons. The van der Waals surface area contributed by atoms with Crippen molar-refractivity contribution in [2.75, 3.05) is 20.3 Å². The summed E-state index contributed by atoms with van der Waals surface area (Å²) in [6.45, 7) is 1.44. The molecule has 1 heterocycles. The molecule has 0 aromatic heterocycles. The van der Waals surface area contributed by atoms with Gasteiger partial charge in [0.15, 0.2) is 11.5 Å². The van der Waals surface area contributed by atoms with Crippen LogP contribution in [0.1, 0.15) is 24.0 Å². The van der Waals surface area contributed by atoms with E-state index in [4.69, 9.17) is 14.2 Å². The van der Waals surface area contributed by atoms with Gasteiger partial charge in [0.1, 0.15) is 19.0 Å². The highest BCUT2D eigenvalue weighted by Gasteiger charge is 2.31. The molecule has 1 saturated carbocycles. The van der Waals surface area contributed by atoms with Gasteiger partial charge in [0, 0.05) is 18.7 Å². The summed E-state index contributed by atoms with van der Waals surface area (Å²) in [6, 6.07) is 10.2. The van der Waals surface area contributed by atoms with Gasteiger partial charge in [-0.25, -0.2) is 4.39 Å². The predicted molar refractivity (Wildman–Crippen MR) is 103 cm³/mol. The van der Waals surface area contributed by atoms with Gasteiger partial charge < -0.3 is 19.1 Å². The van der Waals surface area contributed by atoms with Crippen molar-refractivity contribution in [1.29, 1.82) is 0 Å². The zero-order valence-electron chi connectivity index (χ0n) is 15.7. The van der Waals surface area contributed by atoms with Crippen molar-refractivity contribution < 1.29 is 23.4 Å². The van der Waals surface area contributed by atoms with Crippen molar-refractivity contribution >= 4 is 12.0 Å². The Morgan fingerprint density at radius 3 is 2.68 bits per heavy atom. The van der Waals surface area contributed by atoms with Gasteiger partial charge in [0.2, 0.25) is 11.7 Å². The van der Waals surface area contributed by atoms with Crippen LogP contribution < -0.4 is 14.2 Å². The summed E-state index contributed by atoms with van der Waals surface area (Å²) in [7, 11) is 1.57. The average Bonchev–Trinajstić information content (AvgIpc) is 3.56. The maximum Gasteiger partial charge on any atom is 0.247 e. The lowest BCUT2D eigenvalue weighted by Crippen LogP contribution is -2.31. The first-order valence-corrected chi connectivity index (χ1v) is 9.35. The third-order valence-corrected chi connectivity index (χ3v) is 4.81. The van der Waals surface area contributed by atoms with E-state index in [1.54, 1.807) is 31.4 Å². The van der Waals surface area contributed by atoms with Gasteiger partial charge in [0.05, 0.1) is 7.11 Å². The number of halogens is 1. The topological polar surface area (TPSA) is 48.0 Å². The second-order valence-electron chi connectivity index (χ2n) is 6.90. The zero-order chi connectivity index (χ0) is 19.5. The average molecular weight is 383 g/mol. The third-order valence-electron chi connectivity index (χ3n) is 4.81. The molecule has 1 aliphatic carbocycles. The van der Waals surface area contributed by atoms with Crippen LogP contribution in [0.5, 0.6) is 17.2 Å². The summed E-state index contributed by atoms with van der Waals surface area (Å²) in [5, 5.41) is 0. The molecule has 5 nitrogen and oxygen atoms in total. The van der Waals surface area contributed by atoms with Crippen molar-refractivity contribution in [2.45, 2.75) is 25.4 Å². The van der Waals surface area contributed by atoms with Crippen LogP contribution in [0.15, 0.2) is 42.5 Å². The minimum Gasteiger partial charge on any atom is -0.493 e. The van der Waals surface area contributed by atoms with Crippen molar-refractivity contribution in [1.82, 2.24) is 4.90 Å². The highest BCUT2D eigenvalue weighted by atomic mass is 19.1. The number of hydrogen-bond donors (Lipinski definition) is 0. The minimum absolute atomic E-state index is 0.0688. The first-order chi connectivity index (χ1) is 13.6. The third kappa shape index (κ3) is 4.11. The molecule has 1 aliphatic heterocycles. The van der Waals surface area contributed by atoms with E-state index in [1.807, 2.05) is 17.0 Å². The van der Waals surface area contributed by atoms with Crippen LogP contribution in [0.25, 0.3) is 6.08 Å². The van der Waals surface area contributed by atoms with Crippen LogP contribution in [-0.2, 0) is 11.3 Å². The van der Waals surface area contributed by atoms with E-state index in [0.717, 1.165) is 24.0 Å². The Balaban J connectivity index is 1.51. The number of ether oxygens (including phenoxy) is 3. The Kier molecular flexibility index (Phi) is 5.19. The van der Waals surface area contributed by atoms with E-state index in [2.05, 4.69) is 0 Å². The summed E-state index contributed by atoms with van der Waals surface area (Å²) in [4.78, 5) is 14.6. The number of benzene rings is 2. The molecule has 28 heavy (non-hydrogen) atoms. The molecule has 4 rings (SSSR count). The maximum atomic E-state index is 13.1. The molecule has 6 heteroatoms. The van der Waals surface area contributed by atoms with Crippen LogP contribution >= 0.6 is 0 Å². The smallest absolute Gasteiger partial charge is 0.247 e. The van der Waals surface area contributed by atoms with Crippen molar-refractivity contribution in [2.24, 2.45) is 0 Å². The zero-order valence-corrected chi connectivity index (χ0v) is 15.7. The summed E-state index contributed by atoms with van der Waals surface area (Å²) in [6.07, 6.45) is 5.31. The van der Waals surface area contributed by atoms with Gasteiger partial charge in [-0.1, -0.05) is 12.1 Å². The van der Waals surface area contributed by atoms with Crippen molar-refractivity contribution in [3.63, 3.8) is 0 Å². The summed E-state index contributed by atoms with van der Waals surface area (Å²) >= 11 is 0. The Labute approximate surface area is 163 Å². The van der Waals surface area contributed by atoms with E-state index in [1.165, 1.54) is 12.1 Å². The normalized spacial score (nSPS) is 15.5. The lowest BCUT2D eigenvalue weighted by Gasteiger charge is -2.22. The van der Waals surface area contributed by atoms with E-state index in [-0.39, 0.29) is 17.8 Å². The van der Waals surface area contributed by atoms with Crippen molar-refractivity contribution in [3.05, 3.63) is 59.4 Å². The SMILES string of the molecule is COc1cc(/C=C/C(=O)N(Cc2ccc(F)cc2)C2CC2)cc2c1OCCO2. The number of hydrogen-bond acceptors (Lipinski definition) is 4. The van der Waals surface area contributed by atoms with Crippen LogP contribution in [0, 0.1) is 5.82 Å². The molecule has 0 unspecified atom stereocenters. The molecular formula is C22H22FNO4. The number of carbonyl (C=O) groups excluding carboxylic acids is 1. The molecule has 0 N–H and O–H groups in total. The minimum atomic E-state index is -0.277. The standard InChI is InChI=1S/C22H22FNO4/c1-26-19-12-16(13-20-22(19)28-11-10-27-20)4-9-21(25)24(18-7-8-18)14-15-2-5-17(23)6-3-15/h2-6,9,12-13,18H,7-8,10-11,14H2,1H3/b9-4+. The molecule has 0 bridgehead atoms. The summed E-state index contributed by atoms with van der Waals surface area (Å²) in [5.41, 5.74) is 1.71. The van der Waals surface area contributed by atoms with Gasteiger partial charge in [0.25, 0.3) is 0 Å². The predicted octanol–water partition coefficient (Wildman–Crippen LogP) is 3.81. The number of fused-ring (bicyclic) bond motifs is 1. The van der Waals surface area contributed by atoms with Gasteiger partial charge in [-0.05, 0) is 54.3 Å². The Morgan fingerprint density at radius 1 is 1.21 bits per heavy atom. The molecule has 2 aromatic carbocycles. The molecule has 0 radical (unpaired) electrons. The Bertz CT molecular complexity index is 873. The second-order valence-corrected chi connectivity index (χ2v) is 6.90. The molecule has 1 fully saturated rings. The Hall–Kier alpha value is -3.02. The Morgan fingerprint density at radius 2 is 1.96 bits per heavy atom. The van der Waals surface area contributed by atoms with Crippen LogP contribution in [-0.4, -0.2) is 37.2 Å². The molecule has 0 atom stereocenters. The largest absolute Gasteiger partial charge is 0.493 e. The monoisotopic (exact) mass is 383 g/mol. The van der Waals surface area contributed by atoms with Crippen LogP contribution in [0.2, 0.25) is 0 Å². The highest BCUT2D eigenvalue weighted by Crippen LogP contribution is 2.40. The van der Waals surface area contributed by atoms with Gasteiger partial charge in [-0.15, -0.1) is 0 Å². The fourth-order valence-electron chi connectivity index (χ4n) is 3.21. The maximum absolute atomic E-state index is 13.1. The lowest BCUT2D eigenvalue weighted by atomic mass is 10.1. The molecule has 2 aromatic rings. The fraction of sp³-hybridized carbons (Fsp3) is 0.318. The summed E-state index contributed by atoms with van der Waals surface area (Å²) < 4.78 is 29.7. The number of amides is 1. The molecule has 1 amide bonds. The van der Waals surface area contributed by atoms with E-state index < -0.39 is 0 Å². The summed E-state index contributed by atoms with van der Waals surface area (Å²) in [5.74, 6) is 1.44. The van der Waals surface area contributed by atoms with Crippen LogP contribution in [0.4, 0.5) is 4.39 Å². The van der Waals surface area contributed by atoms with E-state index >= 15 is 0 Å². The lowest BCUT2D eigenvalue weighted by molar-refractivity contribution is -0.127. The molecule has 2 aliphatic rings. The number of nitrogens with zero attached hydrogens (tertiary/aromatic N) is 1. The molecule has 0 spiro atoms. The van der Waals surface area contributed by atoms with Gasteiger partial charge in [-0.2, -0.15) is 0 Å². The molecule has 0 saturated heterocycles.